The highest BCUT2D eigenvalue weighted by Crippen LogP contribution is 2.66. The molecule has 0 aromatic carbocycles. The molecule has 0 aromatic heterocycles. The third kappa shape index (κ3) is 22.2. The average Bonchev–Trinajstić information content (AvgIpc) is 1.17. The van der Waals surface area contributed by atoms with Crippen molar-refractivity contribution in [1.29, 1.82) is 0 Å². The van der Waals surface area contributed by atoms with Crippen molar-refractivity contribution in [3.05, 3.63) is 0 Å². The summed E-state index contributed by atoms with van der Waals surface area (Å²) in [5, 5.41) is 0. The number of rotatable bonds is 18. The lowest BCUT2D eigenvalue weighted by Gasteiger charge is -2.57. The molecule has 0 radical (unpaired) electrons. The summed E-state index contributed by atoms with van der Waals surface area (Å²) in [7, 11) is 0. The molecule has 0 spiro atoms. The first-order valence-corrected chi connectivity index (χ1v) is 33.5. The van der Waals surface area contributed by atoms with Crippen LogP contribution in [0.2, 0.25) is 0 Å². The monoisotopic (exact) mass is 1310 g/mol. The quantitative estimate of drug-likeness (QED) is 0.120. The van der Waals surface area contributed by atoms with Gasteiger partial charge in [0.15, 0.2) is 0 Å². The van der Waals surface area contributed by atoms with E-state index < -0.39 is 80.4 Å². The molecule has 0 saturated heterocycles. The summed E-state index contributed by atoms with van der Waals surface area (Å²) in [6.07, 6.45) is -12.8. The molecule has 88 heavy (non-hydrogen) atoms. The van der Waals surface area contributed by atoms with Crippen LogP contribution in [0.25, 0.3) is 0 Å². The van der Waals surface area contributed by atoms with Crippen LogP contribution in [0.5, 0.6) is 0 Å². The van der Waals surface area contributed by atoms with Crippen LogP contribution in [0.3, 0.4) is 0 Å². The molecule has 0 heterocycles. The van der Waals surface area contributed by atoms with Gasteiger partial charge in [0.05, 0.1) is 32.5 Å². The van der Waals surface area contributed by atoms with Crippen LogP contribution in [0.15, 0.2) is 0 Å². The van der Waals surface area contributed by atoms with Gasteiger partial charge in [-0.15, -0.1) is 0 Å². The van der Waals surface area contributed by atoms with E-state index in [0.29, 0.717) is 89.9 Å². The Hall–Kier alpha value is -1.26. The molecule has 0 N–H and O–H groups in total. The Bertz CT molecular complexity index is 1790. The van der Waals surface area contributed by atoms with Crippen LogP contribution >= 0.6 is 0 Å². The predicted molar refractivity (Wildman–Crippen MR) is 331 cm³/mol. The van der Waals surface area contributed by atoms with E-state index >= 15 is 0 Å². The van der Waals surface area contributed by atoms with Gasteiger partial charge in [0.25, 0.3) is 0 Å². The summed E-state index contributed by atoms with van der Waals surface area (Å²) >= 11 is 0. The Morgan fingerprint density at radius 1 is 0.295 bits per heavy atom. The molecule has 0 bridgehead atoms. The van der Waals surface area contributed by atoms with Crippen molar-refractivity contribution in [3.8, 4) is 0 Å². The van der Waals surface area contributed by atoms with Gasteiger partial charge >= 0.3 is 37.1 Å². The molecule has 534 valence electrons. The normalized spacial score (nSPS) is 19.0. The lowest BCUT2D eigenvalue weighted by Crippen LogP contribution is -2.57. The van der Waals surface area contributed by atoms with Gasteiger partial charge in [-0.3, -0.25) is 0 Å². The van der Waals surface area contributed by atoms with Gasteiger partial charge in [0.2, 0.25) is 0 Å². The van der Waals surface area contributed by atoms with Crippen LogP contribution in [-0.4, -0.2) is 37.1 Å². The van der Waals surface area contributed by atoms with Crippen molar-refractivity contribution in [1.82, 2.24) is 0 Å². The topological polar surface area (TPSA) is 0 Å². The van der Waals surface area contributed by atoms with Crippen LogP contribution < -0.4 is 0 Å². The van der Waals surface area contributed by atoms with E-state index in [1.165, 1.54) is 41.5 Å². The standard InChI is InChI=1S/C17H33F3.C15H29F3.C13H25F3.C10H17F3.C8H13F3.C7H11F3/c1-10(2)14(11(3)4)16(9,17(18,19)20)15(12(5)6)13(7)8;1-8-12(5,9-2)14(7,15(16,17)18)13(6,10-3)11-4;1-6-10(7-2)12(5,13(14,15)16)11(8-3)9-4;1-8(2)4-6-9(3,7-5-8)10(11,12)13;1-7(8(9,10)11)5-3-2-4-6-7;1-6(7(8,9)10)4-2-3-5-6/h10-15H,1-9H3;8-11H2,1-7H3;10-11H,6-9H2,1-5H3;4-7H2,1-3H3;2-6H2,1H3;2-5H2,1H3. The molecule has 3 aliphatic carbocycles. The summed E-state index contributed by atoms with van der Waals surface area (Å²) in [5.74, 6) is -1.20. The first-order valence-electron chi connectivity index (χ1n) is 33.5. The zero-order valence-corrected chi connectivity index (χ0v) is 59.8. The third-order valence-corrected chi connectivity index (χ3v) is 23.7. The van der Waals surface area contributed by atoms with Gasteiger partial charge < -0.3 is 0 Å². The molecule has 3 rings (SSSR count). The van der Waals surface area contributed by atoms with Crippen molar-refractivity contribution < 1.29 is 79.0 Å². The van der Waals surface area contributed by atoms with Crippen molar-refractivity contribution in [2.45, 2.75) is 352 Å². The Morgan fingerprint density at radius 2 is 0.511 bits per heavy atom. The largest absolute Gasteiger partial charge is 0.395 e. The fourth-order valence-corrected chi connectivity index (χ4v) is 16.1. The lowest BCUT2D eigenvalue weighted by atomic mass is 9.49. The molecule has 0 nitrogen and oxygen atoms in total. The Labute approximate surface area is 525 Å². The maximum atomic E-state index is 14.0. The second kappa shape index (κ2) is 34.4. The number of halogens is 18. The first-order chi connectivity index (χ1) is 39.1. The molecule has 0 aliphatic heterocycles. The van der Waals surface area contributed by atoms with Crippen molar-refractivity contribution >= 4 is 0 Å². The number of alkyl halides is 18. The Kier molecular flexibility index (Phi) is 35.6. The molecule has 0 amide bonds. The molecule has 0 atom stereocenters. The van der Waals surface area contributed by atoms with Gasteiger partial charge in [0, 0.05) is 0 Å². The van der Waals surface area contributed by atoms with Gasteiger partial charge in [-0.25, -0.2) is 0 Å². The van der Waals surface area contributed by atoms with Crippen LogP contribution in [-0.2, 0) is 0 Å². The van der Waals surface area contributed by atoms with E-state index in [0.717, 1.165) is 32.1 Å². The molecular formula is C70H128F18. The second-order valence-corrected chi connectivity index (χ2v) is 30.9. The fraction of sp³-hybridized carbons (Fsp3) is 1.00. The molecule has 0 aromatic rings. The Balaban J connectivity index is -0.000000999. The molecule has 3 fully saturated rings. The van der Waals surface area contributed by atoms with Gasteiger partial charge in [-0.1, -0.05) is 231 Å². The summed E-state index contributed by atoms with van der Waals surface area (Å²) in [5.41, 5.74) is -10.3. The summed E-state index contributed by atoms with van der Waals surface area (Å²) in [6, 6.07) is 0. The van der Waals surface area contributed by atoms with Gasteiger partial charge in [-0.05, 0) is 148 Å². The SMILES string of the molecule is CC(C)C(C(C)C)C(C)(C(C(C)C)C(C)C)C(F)(F)F.CC1(C(F)(F)F)CCCC1.CC1(C(F)(F)F)CCCCC1.CC1(C)CCC(C)(C(F)(F)F)CC1.CCC(C)(CC)C(C)(C(F)(F)F)C(C)(CC)CC.CCC(CC)C(C)(C(CC)CC)C(F)(F)F. The van der Waals surface area contributed by atoms with Crippen LogP contribution in [0, 0.1) is 96.1 Å². The second-order valence-electron chi connectivity index (χ2n) is 30.9. The van der Waals surface area contributed by atoms with E-state index in [9.17, 15) is 79.0 Å². The van der Waals surface area contributed by atoms with Gasteiger partial charge in [-0.2, -0.15) is 79.0 Å². The smallest absolute Gasteiger partial charge is 0.171 e. The molecule has 3 aliphatic rings. The third-order valence-electron chi connectivity index (χ3n) is 23.7. The van der Waals surface area contributed by atoms with Crippen molar-refractivity contribution in [2.24, 2.45) is 96.1 Å². The minimum absolute atomic E-state index is 0.0154. The Morgan fingerprint density at radius 3 is 0.670 bits per heavy atom. The summed E-state index contributed by atoms with van der Waals surface area (Å²) < 4.78 is 235. The summed E-state index contributed by atoms with van der Waals surface area (Å²) in [4.78, 5) is 0. The van der Waals surface area contributed by atoms with Crippen molar-refractivity contribution in [3.63, 3.8) is 0 Å². The van der Waals surface area contributed by atoms with E-state index in [2.05, 4.69) is 0 Å². The fourth-order valence-electron chi connectivity index (χ4n) is 16.1. The van der Waals surface area contributed by atoms with E-state index in [1.807, 2.05) is 125 Å². The first kappa shape index (κ1) is 90.9. The molecule has 3 saturated carbocycles. The lowest BCUT2D eigenvalue weighted by molar-refractivity contribution is -0.301. The average molecular weight is 1310 g/mol. The highest BCUT2D eigenvalue weighted by Gasteiger charge is 2.67. The zero-order valence-electron chi connectivity index (χ0n) is 59.8. The zero-order chi connectivity index (χ0) is 71.0. The van der Waals surface area contributed by atoms with Crippen LogP contribution in [0.1, 0.15) is 315 Å². The van der Waals surface area contributed by atoms with E-state index in [1.54, 1.807) is 13.8 Å². The van der Waals surface area contributed by atoms with Gasteiger partial charge in [0.1, 0.15) is 0 Å². The maximum absolute atomic E-state index is 14.0. The van der Waals surface area contributed by atoms with Crippen LogP contribution in [0.4, 0.5) is 79.0 Å². The predicted octanol–water partition coefficient (Wildman–Crippen LogP) is 28.8. The molecular weight excluding hydrogens is 1180 g/mol. The highest BCUT2D eigenvalue weighted by molar-refractivity contribution is 5.06. The summed E-state index contributed by atoms with van der Waals surface area (Å²) in [6.45, 7) is 46.3. The van der Waals surface area contributed by atoms with E-state index in [-0.39, 0.29) is 65.6 Å². The minimum atomic E-state index is -4.18. The maximum Gasteiger partial charge on any atom is 0.395 e. The highest BCUT2D eigenvalue weighted by atomic mass is 19.4. The molecule has 0 unspecified atom stereocenters. The number of hydrogen-bond donors (Lipinski definition) is 0. The van der Waals surface area contributed by atoms with Crippen molar-refractivity contribution in [2.75, 3.05) is 0 Å². The molecule has 18 heteroatoms. The minimum Gasteiger partial charge on any atom is -0.171 e. The number of hydrogen-bond acceptors (Lipinski definition) is 0. The van der Waals surface area contributed by atoms with E-state index in [4.69, 9.17) is 0 Å².